The highest BCUT2D eigenvalue weighted by molar-refractivity contribution is 6.37. The molecule has 0 bridgehead atoms. The molecule has 0 radical (unpaired) electrons. The number of H-pyrrole nitrogens is 1. The zero-order valence-electron chi connectivity index (χ0n) is 9.95. The lowest BCUT2D eigenvalue weighted by molar-refractivity contribution is 0.103. The van der Waals surface area contributed by atoms with Crippen LogP contribution in [0.4, 0.5) is 4.39 Å². The molecule has 100 valence electrons. The Morgan fingerprint density at radius 3 is 2.75 bits per heavy atom. The molecule has 0 fully saturated rings. The van der Waals surface area contributed by atoms with Gasteiger partial charge < -0.3 is 4.98 Å². The van der Waals surface area contributed by atoms with Crippen molar-refractivity contribution in [3.8, 4) is 0 Å². The number of nitrogens with zero attached hydrogens (tertiary/aromatic N) is 1. The number of halogens is 3. The summed E-state index contributed by atoms with van der Waals surface area (Å²) in [5.41, 5.74) is 0.640. The number of aromatic amines is 1. The largest absolute Gasteiger partial charge is 0.345 e. The summed E-state index contributed by atoms with van der Waals surface area (Å²) < 4.78 is 13.9. The third kappa shape index (κ3) is 1.97. The Bertz CT molecular complexity index is 829. The fraction of sp³-hybridized carbons (Fsp3) is 0. The van der Waals surface area contributed by atoms with Crippen molar-refractivity contribution in [3.63, 3.8) is 0 Å². The van der Waals surface area contributed by atoms with Crippen molar-refractivity contribution < 1.29 is 9.18 Å². The first-order valence-electron chi connectivity index (χ1n) is 5.70. The van der Waals surface area contributed by atoms with Gasteiger partial charge in [-0.1, -0.05) is 29.3 Å². The van der Waals surface area contributed by atoms with Gasteiger partial charge in [-0.2, -0.15) is 0 Å². The normalized spacial score (nSPS) is 10.9. The summed E-state index contributed by atoms with van der Waals surface area (Å²) in [4.78, 5) is 19.4. The maximum atomic E-state index is 13.9. The average Bonchev–Trinajstić information content (AvgIpc) is 2.86. The molecule has 3 nitrogen and oxygen atoms in total. The summed E-state index contributed by atoms with van der Waals surface area (Å²) in [5, 5.41) is 0.750. The molecule has 0 amide bonds. The standard InChI is InChI=1S/C14H7Cl2FN2O/c15-9-4-5-18-14-11(9)8(6-19-14)13(20)7-2-1-3-10(16)12(7)17/h1-6H,(H,18,19). The third-order valence-electron chi connectivity index (χ3n) is 2.96. The number of hydrogen-bond acceptors (Lipinski definition) is 2. The molecule has 20 heavy (non-hydrogen) atoms. The van der Waals surface area contributed by atoms with Gasteiger partial charge in [0.1, 0.15) is 5.65 Å². The van der Waals surface area contributed by atoms with Gasteiger partial charge in [-0.15, -0.1) is 0 Å². The number of hydrogen-bond donors (Lipinski definition) is 1. The Labute approximate surface area is 123 Å². The van der Waals surface area contributed by atoms with Crippen molar-refractivity contribution >= 4 is 40.0 Å². The molecule has 2 heterocycles. The highest BCUT2D eigenvalue weighted by Gasteiger charge is 2.20. The van der Waals surface area contributed by atoms with E-state index in [-0.39, 0.29) is 16.1 Å². The second-order valence-corrected chi connectivity index (χ2v) is 4.96. The number of rotatable bonds is 2. The molecule has 0 aliphatic carbocycles. The molecule has 2 aromatic heterocycles. The van der Waals surface area contributed by atoms with E-state index in [4.69, 9.17) is 23.2 Å². The highest BCUT2D eigenvalue weighted by Crippen LogP contribution is 2.28. The monoisotopic (exact) mass is 308 g/mol. The number of carbonyl (C=O) groups excluding carboxylic acids is 1. The van der Waals surface area contributed by atoms with Crippen LogP contribution in [0.5, 0.6) is 0 Å². The number of ketones is 1. The quantitative estimate of drug-likeness (QED) is 0.720. The van der Waals surface area contributed by atoms with Gasteiger partial charge in [0.2, 0.25) is 0 Å². The molecule has 0 unspecified atom stereocenters. The lowest BCUT2D eigenvalue weighted by atomic mass is 10.0. The van der Waals surface area contributed by atoms with Crippen LogP contribution in [0, 0.1) is 5.82 Å². The van der Waals surface area contributed by atoms with Crippen molar-refractivity contribution in [2.45, 2.75) is 0 Å². The number of nitrogens with one attached hydrogen (secondary N) is 1. The summed E-state index contributed by atoms with van der Waals surface area (Å²) >= 11 is 11.8. The van der Waals surface area contributed by atoms with E-state index in [2.05, 4.69) is 9.97 Å². The summed E-state index contributed by atoms with van der Waals surface area (Å²) in [6.45, 7) is 0. The molecule has 0 aliphatic heterocycles. The van der Waals surface area contributed by atoms with E-state index < -0.39 is 11.6 Å². The third-order valence-corrected chi connectivity index (χ3v) is 3.57. The fourth-order valence-corrected chi connectivity index (χ4v) is 2.44. The van der Waals surface area contributed by atoms with Gasteiger partial charge in [0, 0.05) is 17.8 Å². The molecule has 1 aromatic carbocycles. The van der Waals surface area contributed by atoms with Crippen LogP contribution in [0.3, 0.4) is 0 Å². The van der Waals surface area contributed by atoms with E-state index in [1.54, 1.807) is 6.07 Å². The lowest BCUT2D eigenvalue weighted by Gasteiger charge is -2.03. The predicted molar refractivity (Wildman–Crippen MR) is 75.9 cm³/mol. The molecular weight excluding hydrogens is 302 g/mol. The minimum absolute atomic E-state index is 0.0973. The molecular formula is C14H7Cl2FN2O. The summed E-state index contributed by atoms with van der Waals surface area (Å²) in [6.07, 6.45) is 2.99. The first-order chi connectivity index (χ1) is 9.59. The van der Waals surface area contributed by atoms with Gasteiger partial charge in [0.25, 0.3) is 0 Å². The van der Waals surface area contributed by atoms with E-state index in [1.165, 1.54) is 30.6 Å². The zero-order valence-corrected chi connectivity index (χ0v) is 11.5. The Morgan fingerprint density at radius 1 is 1.15 bits per heavy atom. The highest BCUT2D eigenvalue weighted by atomic mass is 35.5. The van der Waals surface area contributed by atoms with Crippen molar-refractivity contribution in [3.05, 3.63) is 63.6 Å². The second kappa shape index (κ2) is 4.89. The van der Waals surface area contributed by atoms with Gasteiger partial charge >= 0.3 is 0 Å². The summed E-state index contributed by atoms with van der Waals surface area (Å²) in [5.74, 6) is -1.24. The van der Waals surface area contributed by atoms with E-state index in [0.29, 0.717) is 16.1 Å². The summed E-state index contributed by atoms with van der Waals surface area (Å²) in [6, 6.07) is 5.86. The van der Waals surface area contributed by atoms with Crippen LogP contribution in [0.15, 0.2) is 36.7 Å². The Hall–Kier alpha value is -1.91. The fourth-order valence-electron chi connectivity index (χ4n) is 2.02. The van der Waals surface area contributed by atoms with Crippen LogP contribution in [0.1, 0.15) is 15.9 Å². The lowest BCUT2D eigenvalue weighted by Crippen LogP contribution is -2.04. The average molecular weight is 309 g/mol. The molecule has 1 N–H and O–H groups in total. The summed E-state index contributed by atoms with van der Waals surface area (Å²) in [7, 11) is 0. The second-order valence-electron chi connectivity index (χ2n) is 4.15. The maximum absolute atomic E-state index is 13.9. The minimum atomic E-state index is -0.742. The number of fused-ring (bicyclic) bond motifs is 1. The van der Waals surface area contributed by atoms with Crippen molar-refractivity contribution in [1.82, 2.24) is 9.97 Å². The Kier molecular flexibility index (Phi) is 3.20. The van der Waals surface area contributed by atoms with Gasteiger partial charge in [0.05, 0.1) is 21.2 Å². The van der Waals surface area contributed by atoms with Gasteiger partial charge in [-0.3, -0.25) is 4.79 Å². The van der Waals surface area contributed by atoms with E-state index in [1.807, 2.05) is 0 Å². The molecule has 3 rings (SSSR count). The molecule has 6 heteroatoms. The first-order valence-corrected chi connectivity index (χ1v) is 6.45. The molecule has 0 saturated carbocycles. The van der Waals surface area contributed by atoms with Crippen LogP contribution >= 0.6 is 23.2 Å². The van der Waals surface area contributed by atoms with Crippen molar-refractivity contribution in [2.24, 2.45) is 0 Å². The van der Waals surface area contributed by atoms with Crippen LogP contribution in [-0.4, -0.2) is 15.8 Å². The number of pyridine rings is 1. The van der Waals surface area contributed by atoms with Crippen LogP contribution in [0.25, 0.3) is 11.0 Å². The first kappa shape index (κ1) is 13.1. The predicted octanol–water partition coefficient (Wildman–Crippen LogP) is 4.24. The smallest absolute Gasteiger partial charge is 0.198 e. The van der Waals surface area contributed by atoms with Crippen LogP contribution in [0.2, 0.25) is 10.0 Å². The number of carbonyl (C=O) groups is 1. The van der Waals surface area contributed by atoms with Gasteiger partial charge in [-0.05, 0) is 18.2 Å². The van der Waals surface area contributed by atoms with Crippen LogP contribution in [-0.2, 0) is 0 Å². The minimum Gasteiger partial charge on any atom is -0.345 e. The van der Waals surface area contributed by atoms with Crippen molar-refractivity contribution in [1.29, 1.82) is 0 Å². The Morgan fingerprint density at radius 2 is 1.95 bits per heavy atom. The Balaban J connectivity index is 2.21. The van der Waals surface area contributed by atoms with Gasteiger partial charge in [0.15, 0.2) is 11.6 Å². The molecule has 0 spiro atoms. The van der Waals surface area contributed by atoms with Gasteiger partial charge in [-0.25, -0.2) is 9.37 Å². The molecule has 0 saturated heterocycles. The molecule has 0 aliphatic rings. The molecule has 0 atom stereocenters. The maximum Gasteiger partial charge on any atom is 0.198 e. The topological polar surface area (TPSA) is 45.8 Å². The molecule has 3 aromatic rings. The van der Waals surface area contributed by atoms with Crippen LogP contribution < -0.4 is 0 Å². The van der Waals surface area contributed by atoms with E-state index in [0.717, 1.165) is 0 Å². The van der Waals surface area contributed by atoms with Crippen molar-refractivity contribution in [2.75, 3.05) is 0 Å². The van der Waals surface area contributed by atoms with E-state index >= 15 is 0 Å². The number of benzene rings is 1. The zero-order chi connectivity index (χ0) is 14.3. The SMILES string of the molecule is O=C(c1cccc(Cl)c1F)c1c[nH]c2nccc(Cl)c12. The van der Waals surface area contributed by atoms with E-state index in [9.17, 15) is 9.18 Å². The number of aromatic nitrogens is 2.